The highest BCUT2D eigenvalue weighted by molar-refractivity contribution is 5.82. The minimum atomic E-state index is -0.372. The maximum absolute atomic E-state index is 12.2. The van der Waals surface area contributed by atoms with Crippen molar-refractivity contribution < 1.29 is 13.9 Å². The number of fused-ring (bicyclic) bond motifs is 1. The molecule has 152 valence electrons. The molecule has 3 aromatic rings. The smallest absolute Gasteiger partial charge is 0.336 e. The number of hydrogen-bond donors (Lipinski definition) is 1. The average molecular weight is 393 g/mol. The summed E-state index contributed by atoms with van der Waals surface area (Å²) in [5.74, 6) is 0.327. The van der Waals surface area contributed by atoms with Crippen LogP contribution in [0.1, 0.15) is 37.8 Å². The highest BCUT2D eigenvalue weighted by atomic mass is 16.5. The van der Waals surface area contributed by atoms with E-state index in [0.29, 0.717) is 11.3 Å². The molecule has 0 aliphatic heterocycles. The van der Waals surface area contributed by atoms with Gasteiger partial charge in [0, 0.05) is 23.6 Å². The molecule has 0 radical (unpaired) electrons. The van der Waals surface area contributed by atoms with E-state index in [1.807, 2.05) is 31.2 Å². The summed E-state index contributed by atoms with van der Waals surface area (Å²) in [6.07, 6.45) is 3.52. The molecular weight excluding hydrogens is 366 g/mol. The van der Waals surface area contributed by atoms with Crippen LogP contribution in [-0.2, 0) is 17.6 Å². The molecule has 5 heteroatoms. The first kappa shape index (κ1) is 20.6. The zero-order valence-electron chi connectivity index (χ0n) is 16.9. The number of rotatable bonds is 9. The molecule has 3 rings (SSSR count). The van der Waals surface area contributed by atoms with Crippen molar-refractivity contribution in [2.75, 3.05) is 6.61 Å². The third-order valence-electron chi connectivity index (χ3n) is 4.81. The zero-order chi connectivity index (χ0) is 20.6. The molecule has 0 aliphatic carbocycles. The van der Waals surface area contributed by atoms with Gasteiger partial charge in [-0.05, 0) is 49.4 Å². The van der Waals surface area contributed by atoms with Crippen molar-refractivity contribution in [3.63, 3.8) is 0 Å². The summed E-state index contributed by atoms with van der Waals surface area (Å²) in [5, 5.41) is 3.86. The lowest BCUT2D eigenvalue weighted by molar-refractivity contribution is -0.123. The molecule has 1 unspecified atom stereocenters. The van der Waals surface area contributed by atoms with E-state index in [4.69, 9.17) is 9.15 Å². The van der Waals surface area contributed by atoms with Crippen LogP contribution in [0, 0.1) is 0 Å². The van der Waals surface area contributed by atoms with Crippen molar-refractivity contribution in [3.8, 4) is 5.75 Å². The Hall–Kier alpha value is -3.08. The molecule has 1 atom stereocenters. The lowest BCUT2D eigenvalue weighted by Gasteiger charge is -2.14. The van der Waals surface area contributed by atoms with E-state index < -0.39 is 0 Å². The van der Waals surface area contributed by atoms with E-state index in [0.717, 1.165) is 36.6 Å². The Morgan fingerprint density at radius 3 is 2.66 bits per heavy atom. The Labute approximate surface area is 170 Å². The number of ether oxygens (including phenoxy) is 1. The molecule has 0 saturated carbocycles. The molecule has 0 bridgehead atoms. The molecule has 5 nitrogen and oxygen atoms in total. The van der Waals surface area contributed by atoms with Crippen molar-refractivity contribution >= 4 is 16.9 Å². The lowest BCUT2D eigenvalue weighted by atomic mass is 10.1. The Morgan fingerprint density at radius 2 is 1.90 bits per heavy atom. The number of carbonyl (C=O) groups excluding carboxylic acids is 1. The summed E-state index contributed by atoms with van der Waals surface area (Å²) < 4.78 is 10.9. The number of aryl methyl sites for hydroxylation is 2. The van der Waals surface area contributed by atoms with Crippen LogP contribution >= 0.6 is 0 Å². The number of amides is 1. The molecule has 0 aliphatic rings. The topological polar surface area (TPSA) is 68.5 Å². The SMILES string of the molecule is CCCc1cc(=O)oc2cc(OCC(=O)NC(C)CCc3ccccc3)ccc12. The fourth-order valence-corrected chi connectivity index (χ4v) is 3.34. The fourth-order valence-electron chi connectivity index (χ4n) is 3.34. The van der Waals surface area contributed by atoms with E-state index >= 15 is 0 Å². The van der Waals surface area contributed by atoms with Gasteiger partial charge in [0.2, 0.25) is 0 Å². The molecule has 0 spiro atoms. The summed E-state index contributed by atoms with van der Waals surface area (Å²) in [7, 11) is 0. The summed E-state index contributed by atoms with van der Waals surface area (Å²) in [5.41, 5.74) is 2.33. The van der Waals surface area contributed by atoms with Crippen LogP contribution in [0.2, 0.25) is 0 Å². The molecular formula is C24H27NO4. The van der Waals surface area contributed by atoms with Crippen LogP contribution in [0.4, 0.5) is 0 Å². The van der Waals surface area contributed by atoms with Gasteiger partial charge in [-0.25, -0.2) is 4.79 Å². The Bertz CT molecular complexity index is 1010. The Morgan fingerprint density at radius 1 is 1.10 bits per heavy atom. The number of benzene rings is 2. The van der Waals surface area contributed by atoms with Crippen LogP contribution < -0.4 is 15.7 Å². The van der Waals surface area contributed by atoms with Gasteiger partial charge in [0.05, 0.1) is 0 Å². The molecule has 0 saturated heterocycles. The van der Waals surface area contributed by atoms with Gasteiger partial charge in [0.25, 0.3) is 5.91 Å². The zero-order valence-corrected chi connectivity index (χ0v) is 16.9. The molecule has 1 aromatic heterocycles. The van der Waals surface area contributed by atoms with Crippen LogP contribution in [0.25, 0.3) is 11.0 Å². The number of hydrogen-bond acceptors (Lipinski definition) is 4. The highest BCUT2D eigenvalue weighted by Crippen LogP contribution is 2.23. The Kier molecular flexibility index (Phi) is 7.06. The number of nitrogens with one attached hydrogen (secondary N) is 1. The van der Waals surface area contributed by atoms with E-state index in [2.05, 4.69) is 24.4 Å². The highest BCUT2D eigenvalue weighted by Gasteiger charge is 2.10. The van der Waals surface area contributed by atoms with Crippen molar-refractivity contribution in [1.29, 1.82) is 0 Å². The first-order valence-corrected chi connectivity index (χ1v) is 10.1. The second-order valence-corrected chi connectivity index (χ2v) is 7.28. The van der Waals surface area contributed by atoms with Crippen molar-refractivity contribution in [1.82, 2.24) is 5.32 Å². The third kappa shape index (κ3) is 5.95. The molecule has 2 aromatic carbocycles. The van der Waals surface area contributed by atoms with Gasteiger partial charge >= 0.3 is 5.63 Å². The second kappa shape index (κ2) is 9.92. The van der Waals surface area contributed by atoms with Gasteiger partial charge in [0.15, 0.2) is 6.61 Å². The first-order chi connectivity index (χ1) is 14.0. The minimum Gasteiger partial charge on any atom is -0.484 e. The molecule has 1 amide bonds. The van der Waals surface area contributed by atoms with Gasteiger partial charge in [-0.1, -0.05) is 43.7 Å². The summed E-state index contributed by atoms with van der Waals surface area (Å²) in [4.78, 5) is 24.0. The van der Waals surface area contributed by atoms with Crippen molar-refractivity contribution in [2.24, 2.45) is 0 Å². The summed E-state index contributed by atoms with van der Waals surface area (Å²) in [6.45, 7) is 3.97. The average Bonchev–Trinajstić information content (AvgIpc) is 2.71. The molecule has 0 fully saturated rings. The fraction of sp³-hybridized carbons (Fsp3) is 0.333. The van der Waals surface area contributed by atoms with Gasteiger partial charge in [-0.2, -0.15) is 0 Å². The molecule has 29 heavy (non-hydrogen) atoms. The van der Waals surface area contributed by atoms with Crippen LogP contribution in [0.5, 0.6) is 5.75 Å². The van der Waals surface area contributed by atoms with Crippen LogP contribution in [0.15, 0.2) is 63.8 Å². The quantitative estimate of drug-likeness (QED) is 0.552. The van der Waals surface area contributed by atoms with Crippen molar-refractivity contribution in [3.05, 3.63) is 76.1 Å². The van der Waals surface area contributed by atoms with Gasteiger partial charge < -0.3 is 14.5 Å². The third-order valence-corrected chi connectivity index (χ3v) is 4.81. The maximum Gasteiger partial charge on any atom is 0.336 e. The van der Waals surface area contributed by atoms with Crippen LogP contribution in [-0.4, -0.2) is 18.6 Å². The summed E-state index contributed by atoms with van der Waals surface area (Å²) >= 11 is 0. The molecule has 1 N–H and O–H groups in total. The van der Waals surface area contributed by atoms with E-state index in [-0.39, 0.29) is 24.2 Å². The number of carbonyl (C=O) groups is 1. The standard InChI is InChI=1S/C24H27NO4/c1-3-7-19-14-24(27)29-22-15-20(12-13-21(19)22)28-16-23(26)25-17(2)10-11-18-8-5-4-6-9-18/h4-6,8-9,12-15,17H,3,7,10-11,16H2,1-2H3,(H,25,26). The van der Waals surface area contributed by atoms with E-state index in [1.165, 1.54) is 11.6 Å². The lowest BCUT2D eigenvalue weighted by Crippen LogP contribution is -2.36. The van der Waals surface area contributed by atoms with E-state index in [9.17, 15) is 9.59 Å². The predicted molar refractivity (Wildman–Crippen MR) is 114 cm³/mol. The Balaban J connectivity index is 1.54. The monoisotopic (exact) mass is 393 g/mol. The van der Waals surface area contributed by atoms with Gasteiger partial charge in [-0.15, -0.1) is 0 Å². The van der Waals surface area contributed by atoms with E-state index in [1.54, 1.807) is 12.1 Å². The van der Waals surface area contributed by atoms with Crippen molar-refractivity contribution in [2.45, 2.75) is 45.6 Å². The summed E-state index contributed by atoms with van der Waals surface area (Å²) in [6, 6.07) is 17.1. The first-order valence-electron chi connectivity index (χ1n) is 10.1. The minimum absolute atomic E-state index is 0.0533. The largest absolute Gasteiger partial charge is 0.484 e. The maximum atomic E-state index is 12.2. The van der Waals surface area contributed by atoms with Gasteiger partial charge in [-0.3, -0.25) is 4.79 Å². The second-order valence-electron chi connectivity index (χ2n) is 7.28. The predicted octanol–water partition coefficient (Wildman–Crippen LogP) is 4.26. The van der Waals surface area contributed by atoms with Crippen LogP contribution in [0.3, 0.4) is 0 Å². The molecule has 1 heterocycles. The van der Waals surface area contributed by atoms with Gasteiger partial charge in [0.1, 0.15) is 11.3 Å². The normalized spacial score (nSPS) is 11.9.